The third kappa shape index (κ3) is 10.4. The Balaban J connectivity index is 1.31. The topological polar surface area (TPSA) is 237 Å². The molecule has 4 aromatic carbocycles. The highest BCUT2D eigenvalue weighted by Crippen LogP contribution is 2.40. The van der Waals surface area contributed by atoms with Gasteiger partial charge in [-0.1, -0.05) is 45.9 Å². The van der Waals surface area contributed by atoms with Crippen LogP contribution in [-0.2, 0) is 29.6 Å². The van der Waals surface area contributed by atoms with Crippen molar-refractivity contribution in [3.05, 3.63) is 108 Å². The third-order valence-electron chi connectivity index (χ3n) is 6.24. The Morgan fingerprint density at radius 3 is 1.19 bits per heavy atom. The maximum atomic E-state index is 13.0. The molecule has 0 saturated heterocycles. The number of rotatable bonds is 13. The van der Waals surface area contributed by atoms with Gasteiger partial charge in [0.2, 0.25) is 31.9 Å². The van der Waals surface area contributed by atoms with Crippen LogP contribution >= 0.6 is 21.6 Å². The summed E-state index contributed by atoms with van der Waals surface area (Å²) in [4.78, 5) is 51.6. The molecule has 4 amide bonds. The summed E-state index contributed by atoms with van der Waals surface area (Å²) in [5, 5.41) is 20.4. The van der Waals surface area contributed by atoms with E-state index in [9.17, 15) is 36.0 Å². The fourth-order valence-corrected chi connectivity index (χ4v) is 7.31. The molecule has 0 aromatic heterocycles. The highest BCUT2D eigenvalue weighted by molar-refractivity contribution is 8.76. The zero-order valence-corrected chi connectivity index (χ0v) is 28.0. The first-order valence-corrected chi connectivity index (χ1v) is 18.9. The van der Waals surface area contributed by atoms with Crippen molar-refractivity contribution in [2.24, 2.45) is 10.3 Å². The maximum Gasteiger partial charge on any atom is 0.252 e. The minimum absolute atomic E-state index is 0.110. The zero-order chi connectivity index (χ0) is 34.9. The Bertz CT molecular complexity index is 1910. The average Bonchev–Trinajstić information content (AvgIpc) is 3.05. The van der Waals surface area contributed by atoms with Crippen molar-refractivity contribution < 1.29 is 36.0 Å². The zero-order valence-electron chi connectivity index (χ0n) is 24.7. The number of carbonyl (C=O) groups excluding carboxylic acids is 4. The Labute approximate surface area is 283 Å². The van der Waals surface area contributed by atoms with Gasteiger partial charge in [0.15, 0.2) is 0 Å². The lowest BCUT2D eigenvalue weighted by Crippen LogP contribution is -2.33. The van der Waals surface area contributed by atoms with Gasteiger partial charge in [0, 0.05) is 21.2 Å². The normalized spacial score (nSPS) is 11.3. The predicted molar refractivity (Wildman–Crippen MR) is 182 cm³/mol. The summed E-state index contributed by atoms with van der Waals surface area (Å²) in [6, 6.07) is 23.9. The second-order valence-corrected chi connectivity index (χ2v) is 15.1. The van der Waals surface area contributed by atoms with Crippen LogP contribution in [0.25, 0.3) is 0 Å². The summed E-state index contributed by atoms with van der Waals surface area (Å²) in [6.07, 6.45) is 0. The molecule has 0 aliphatic carbocycles. The van der Waals surface area contributed by atoms with E-state index in [0.29, 0.717) is 21.2 Å². The van der Waals surface area contributed by atoms with Gasteiger partial charge in [-0.2, -0.15) is 0 Å². The molecular weight excluding hydrogens is 701 g/mol. The molecule has 0 saturated carbocycles. The van der Waals surface area contributed by atoms with E-state index in [0.717, 1.165) is 0 Å². The molecule has 48 heavy (non-hydrogen) atoms. The number of carbonyl (C=O) groups is 4. The van der Waals surface area contributed by atoms with Crippen LogP contribution in [0.3, 0.4) is 0 Å². The number of sulfonamides is 2. The summed E-state index contributed by atoms with van der Waals surface area (Å²) in [5.74, 6) is -2.12. The number of hydrogen-bond acceptors (Lipinski definition) is 10. The molecule has 0 spiro atoms. The number of hydrogen-bond donors (Lipinski definition) is 6. The second-order valence-electron chi connectivity index (χ2n) is 9.76. The van der Waals surface area contributed by atoms with Crippen LogP contribution in [0.2, 0.25) is 0 Å². The minimum Gasteiger partial charge on any atom is -0.343 e. The Kier molecular flexibility index (Phi) is 12.0. The molecule has 0 unspecified atom stereocenters. The van der Waals surface area contributed by atoms with Gasteiger partial charge in [0.1, 0.15) is 0 Å². The van der Waals surface area contributed by atoms with Gasteiger partial charge >= 0.3 is 0 Å². The molecule has 0 bridgehead atoms. The smallest absolute Gasteiger partial charge is 0.252 e. The van der Waals surface area contributed by atoms with E-state index in [1.807, 2.05) is 0 Å². The van der Waals surface area contributed by atoms with Crippen LogP contribution in [0.1, 0.15) is 20.7 Å². The van der Waals surface area contributed by atoms with Crippen LogP contribution in [0.15, 0.2) is 117 Å². The molecule has 4 rings (SSSR count). The lowest BCUT2D eigenvalue weighted by molar-refractivity contribution is -0.116. The summed E-state index contributed by atoms with van der Waals surface area (Å²) in [5.41, 5.74) is 1.20. The Morgan fingerprint density at radius 1 is 0.521 bits per heavy atom. The molecule has 250 valence electrons. The van der Waals surface area contributed by atoms with Crippen molar-refractivity contribution in [3.8, 4) is 0 Å². The Morgan fingerprint density at radius 2 is 0.854 bits per heavy atom. The molecule has 0 heterocycles. The summed E-state index contributed by atoms with van der Waals surface area (Å²) in [6.45, 7) is -0.723. The van der Waals surface area contributed by atoms with Crippen LogP contribution < -0.4 is 31.5 Å². The van der Waals surface area contributed by atoms with E-state index >= 15 is 0 Å². The lowest BCUT2D eigenvalue weighted by Gasteiger charge is -2.12. The second kappa shape index (κ2) is 15.9. The standard InChI is InChI=1S/C30H28N6O8S4/c31-47(41,42)21-13-9-19(10-14-21)35-27(37)17-33-29(39)23-5-1-3-7-25(23)45-46-26-8-4-2-6-24(26)30(40)34-18-28(38)36-20-11-15-22(16-12-20)48(32,43)44/h1-16H,17-18H2,(H,33,39)(H,34,40)(H,35,37)(H,36,38)(H2,31,41,42)(H2,32,43,44). The number of benzene rings is 4. The number of nitrogens with two attached hydrogens (primary N) is 2. The van der Waals surface area contributed by atoms with E-state index in [4.69, 9.17) is 10.3 Å². The van der Waals surface area contributed by atoms with E-state index in [1.165, 1.54) is 70.1 Å². The highest BCUT2D eigenvalue weighted by atomic mass is 33.1. The van der Waals surface area contributed by atoms with Crippen LogP contribution in [0.5, 0.6) is 0 Å². The van der Waals surface area contributed by atoms with Gasteiger partial charge in [-0.15, -0.1) is 0 Å². The number of nitrogens with one attached hydrogen (secondary N) is 4. The quantitative estimate of drug-likeness (QED) is 0.110. The lowest BCUT2D eigenvalue weighted by atomic mass is 10.2. The van der Waals surface area contributed by atoms with Gasteiger partial charge in [0.25, 0.3) is 11.8 Å². The molecule has 0 aliphatic rings. The summed E-state index contributed by atoms with van der Waals surface area (Å²) in [7, 11) is -5.33. The monoisotopic (exact) mass is 728 g/mol. The fourth-order valence-electron chi connectivity index (χ4n) is 3.92. The van der Waals surface area contributed by atoms with Gasteiger partial charge in [-0.05, 0) is 72.8 Å². The molecular formula is C30H28N6O8S4. The number of anilines is 2. The Hall–Kier alpha value is -4.72. The summed E-state index contributed by atoms with van der Waals surface area (Å²) >= 11 is 0. The van der Waals surface area contributed by atoms with E-state index < -0.39 is 43.7 Å². The van der Waals surface area contributed by atoms with E-state index in [2.05, 4.69) is 21.3 Å². The molecule has 0 atom stereocenters. The molecule has 18 heteroatoms. The van der Waals surface area contributed by atoms with Crippen molar-refractivity contribution >= 4 is 76.6 Å². The molecule has 0 fully saturated rings. The van der Waals surface area contributed by atoms with Crippen molar-refractivity contribution in [1.82, 2.24) is 10.6 Å². The first kappa shape index (κ1) is 36.1. The van der Waals surface area contributed by atoms with E-state index in [-0.39, 0.29) is 34.0 Å². The van der Waals surface area contributed by atoms with Gasteiger partial charge < -0.3 is 21.3 Å². The third-order valence-corrected chi connectivity index (χ3v) is 10.6. The molecule has 14 nitrogen and oxygen atoms in total. The molecule has 0 aliphatic heterocycles. The molecule has 8 N–H and O–H groups in total. The first-order chi connectivity index (χ1) is 22.7. The SMILES string of the molecule is NS(=O)(=O)c1ccc(NC(=O)CNC(=O)c2ccccc2SSc2ccccc2C(=O)NCC(=O)Nc2ccc(S(N)(=O)=O)cc2)cc1. The van der Waals surface area contributed by atoms with Crippen LogP contribution in [0, 0.1) is 0 Å². The predicted octanol–water partition coefficient (Wildman–Crippen LogP) is 2.52. The highest BCUT2D eigenvalue weighted by Gasteiger charge is 2.17. The average molecular weight is 729 g/mol. The van der Waals surface area contributed by atoms with Gasteiger partial charge in [0.05, 0.1) is 34.0 Å². The maximum absolute atomic E-state index is 13.0. The van der Waals surface area contributed by atoms with Crippen LogP contribution in [-0.4, -0.2) is 53.6 Å². The van der Waals surface area contributed by atoms with Crippen molar-refractivity contribution in [1.29, 1.82) is 0 Å². The first-order valence-electron chi connectivity index (χ1n) is 13.6. The van der Waals surface area contributed by atoms with Crippen molar-refractivity contribution in [2.45, 2.75) is 19.6 Å². The largest absolute Gasteiger partial charge is 0.343 e. The van der Waals surface area contributed by atoms with Crippen molar-refractivity contribution in [2.75, 3.05) is 23.7 Å². The molecule has 0 radical (unpaired) electrons. The van der Waals surface area contributed by atoms with Crippen LogP contribution in [0.4, 0.5) is 11.4 Å². The van der Waals surface area contributed by atoms with Gasteiger partial charge in [-0.3, -0.25) is 19.2 Å². The minimum atomic E-state index is -3.88. The van der Waals surface area contributed by atoms with Crippen molar-refractivity contribution in [3.63, 3.8) is 0 Å². The van der Waals surface area contributed by atoms with E-state index in [1.54, 1.807) is 48.5 Å². The number of amides is 4. The van der Waals surface area contributed by atoms with Gasteiger partial charge in [-0.25, -0.2) is 27.1 Å². The number of primary sulfonamides is 2. The molecule has 4 aromatic rings. The fraction of sp³-hybridized carbons (Fsp3) is 0.0667. The summed E-state index contributed by atoms with van der Waals surface area (Å²) < 4.78 is 45.6.